The second-order valence-electron chi connectivity index (χ2n) is 5.39. The van der Waals surface area contributed by atoms with Crippen LogP contribution in [0, 0.1) is 0 Å². The van der Waals surface area contributed by atoms with Crippen LogP contribution in [0.2, 0.25) is 5.02 Å². The molecule has 2 heterocycles. The molecule has 2 N–H and O–H groups in total. The van der Waals surface area contributed by atoms with E-state index in [1.807, 2.05) is 0 Å². The topological polar surface area (TPSA) is 110 Å². The van der Waals surface area contributed by atoms with E-state index in [1.54, 1.807) is 24.3 Å². The van der Waals surface area contributed by atoms with Crippen LogP contribution >= 0.6 is 11.6 Å². The third kappa shape index (κ3) is 2.87. The predicted octanol–water partition coefficient (Wildman–Crippen LogP) is 1.03. The standard InChI is InChI=1S/C16H13ClN4O4/c1-20-13-12(15(24)21(2)16(20)25)19-14(23)10(18-13)7-11(22)8-3-5-9(17)6-4-8/h3-7,22H,1-2H3,(H,19,23)/b11-7-. The number of aryl methyl sites for hydroxylation is 1. The molecule has 128 valence electrons. The molecule has 0 fully saturated rings. The molecule has 8 nitrogen and oxygen atoms in total. The summed E-state index contributed by atoms with van der Waals surface area (Å²) in [6.07, 6.45) is 1.16. The number of aliphatic hydroxyl groups is 1. The van der Waals surface area contributed by atoms with Crippen LogP contribution in [0.3, 0.4) is 0 Å². The number of nitrogens with zero attached hydrogens (tertiary/aromatic N) is 3. The van der Waals surface area contributed by atoms with Gasteiger partial charge in [0.1, 0.15) is 11.5 Å². The Hall–Kier alpha value is -3.13. The molecule has 25 heavy (non-hydrogen) atoms. The van der Waals surface area contributed by atoms with Gasteiger partial charge in [0.05, 0.1) is 0 Å². The Morgan fingerprint density at radius 2 is 1.80 bits per heavy atom. The molecule has 0 aliphatic rings. The molecule has 3 rings (SSSR count). The minimum Gasteiger partial charge on any atom is -0.507 e. The van der Waals surface area contributed by atoms with E-state index in [0.717, 1.165) is 15.2 Å². The van der Waals surface area contributed by atoms with Gasteiger partial charge in [0.2, 0.25) is 0 Å². The molecule has 0 aliphatic heterocycles. The van der Waals surface area contributed by atoms with Crippen LogP contribution in [0.15, 0.2) is 38.6 Å². The monoisotopic (exact) mass is 360 g/mol. The van der Waals surface area contributed by atoms with Crippen molar-refractivity contribution in [3.63, 3.8) is 0 Å². The van der Waals surface area contributed by atoms with Gasteiger partial charge in [-0.3, -0.25) is 18.7 Å². The SMILES string of the molecule is Cn1c(=O)c2[nH]c(=O)c(/C=C(\O)c3ccc(Cl)cc3)nc2n(C)c1=O. The Kier molecular flexibility index (Phi) is 4.05. The molecular formula is C16H13ClN4O4. The van der Waals surface area contributed by atoms with Gasteiger partial charge in [-0.1, -0.05) is 11.6 Å². The van der Waals surface area contributed by atoms with Crippen molar-refractivity contribution < 1.29 is 5.11 Å². The van der Waals surface area contributed by atoms with Crippen molar-refractivity contribution in [2.75, 3.05) is 0 Å². The van der Waals surface area contributed by atoms with Gasteiger partial charge in [-0.2, -0.15) is 0 Å². The van der Waals surface area contributed by atoms with Crippen molar-refractivity contribution in [1.82, 2.24) is 19.1 Å². The third-order valence-electron chi connectivity index (χ3n) is 3.74. The molecule has 0 aliphatic carbocycles. The lowest BCUT2D eigenvalue weighted by atomic mass is 10.1. The summed E-state index contributed by atoms with van der Waals surface area (Å²) in [5, 5.41) is 10.7. The molecule has 0 radical (unpaired) electrons. The number of aromatic nitrogens is 4. The molecule has 0 unspecified atom stereocenters. The maximum Gasteiger partial charge on any atom is 0.332 e. The summed E-state index contributed by atoms with van der Waals surface area (Å²) < 4.78 is 2.02. The van der Waals surface area contributed by atoms with Crippen LogP contribution in [0.25, 0.3) is 23.0 Å². The van der Waals surface area contributed by atoms with E-state index in [9.17, 15) is 19.5 Å². The number of fused-ring (bicyclic) bond motifs is 1. The van der Waals surface area contributed by atoms with Gasteiger partial charge in [0.25, 0.3) is 11.1 Å². The van der Waals surface area contributed by atoms with Crippen molar-refractivity contribution in [3.05, 3.63) is 71.7 Å². The normalized spacial score (nSPS) is 11.9. The largest absolute Gasteiger partial charge is 0.507 e. The summed E-state index contributed by atoms with van der Waals surface area (Å²) in [5.41, 5.74) is -1.66. The highest BCUT2D eigenvalue weighted by Crippen LogP contribution is 2.17. The van der Waals surface area contributed by atoms with E-state index in [1.165, 1.54) is 14.1 Å². The maximum absolute atomic E-state index is 12.2. The average Bonchev–Trinajstić information content (AvgIpc) is 2.60. The van der Waals surface area contributed by atoms with Gasteiger partial charge in [-0.15, -0.1) is 0 Å². The van der Waals surface area contributed by atoms with E-state index in [0.29, 0.717) is 10.6 Å². The number of rotatable bonds is 2. The number of hydrogen-bond acceptors (Lipinski definition) is 5. The van der Waals surface area contributed by atoms with Crippen LogP contribution in [0.4, 0.5) is 0 Å². The lowest BCUT2D eigenvalue weighted by Gasteiger charge is -2.07. The highest BCUT2D eigenvalue weighted by Gasteiger charge is 2.13. The van der Waals surface area contributed by atoms with Gasteiger partial charge in [-0.25, -0.2) is 9.78 Å². The Balaban J connectivity index is 2.24. The fourth-order valence-electron chi connectivity index (χ4n) is 2.35. The predicted molar refractivity (Wildman–Crippen MR) is 94.8 cm³/mol. The number of aromatic amines is 1. The number of halogens is 1. The first kappa shape index (κ1) is 16.7. The van der Waals surface area contributed by atoms with Gasteiger partial charge in [0, 0.05) is 30.8 Å². The van der Waals surface area contributed by atoms with E-state index in [4.69, 9.17) is 11.6 Å². The lowest BCUT2D eigenvalue weighted by molar-refractivity contribution is 0.515. The van der Waals surface area contributed by atoms with Crippen molar-refractivity contribution in [3.8, 4) is 0 Å². The lowest BCUT2D eigenvalue weighted by Crippen LogP contribution is -2.38. The Bertz CT molecular complexity index is 1190. The minimum atomic E-state index is -0.663. The molecular weight excluding hydrogens is 348 g/mol. The van der Waals surface area contributed by atoms with Crippen molar-refractivity contribution in [2.45, 2.75) is 0 Å². The van der Waals surface area contributed by atoms with Gasteiger partial charge < -0.3 is 10.1 Å². The zero-order valence-corrected chi connectivity index (χ0v) is 14.0. The van der Waals surface area contributed by atoms with Crippen LogP contribution in [-0.2, 0) is 14.1 Å². The molecule has 0 atom stereocenters. The summed E-state index contributed by atoms with van der Waals surface area (Å²) in [7, 11) is 2.74. The average molecular weight is 361 g/mol. The zero-order valence-electron chi connectivity index (χ0n) is 13.3. The van der Waals surface area contributed by atoms with Crippen LogP contribution in [0.5, 0.6) is 0 Å². The van der Waals surface area contributed by atoms with Gasteiger partial charge in [0.15, 0.2) is 11.2 Å². The van der Waals surface area contributed by atoms with E-state index in [-0.39, 0.29) is 22.6 Å². The quantitative estimate of drug-likeness (QED) is 0.663. The van der Waals surface area contributed by atoms with Crippen LogP contribution < -0.4 is 16.8 Å². The molecule has 9 heteroatoms. The van der Waals surface area contributed by atoms with Crippen LogP contribution in [0.1, 0.15) is 11.3 Å². The number of benzene rings is 1. The fraction of sp³-hybridized carbons (Fsp3) is 0.125. The van der Waals surface area contributed by atoms with E-state index in [2.05, 4.69) is 9.97 Å². The number of hydrogen-bond donors (Lipinski definition) is 2. The Morgan fingerprint density at radius 3 is 2.44 bits per heavy atom. The summed E-state index contributed by atoms with van der Waals surface area (Å²) in [6, 6.07) is 6.34. The zero-order chi connectivity index (χ0) is 18.3. The van der Waals surface area contributed by atoms with Crippen molar-refractivity contribution >= 4 is 34.6 Å². The molecule has 0 bridgehead atoms. The number of nitrogens with one attached hydrogen (secondary N) is 1. The Labute approximate surface area is 145 Å². The minimum absolute atomic E-state index is 0.0165. The highest BCUT2D eigenvalue weighted by atomic mass is 35.5. The van der Waals surface area contributed by atoms with Crippen molar-refractivity contribution in [2.24, 2.45) is 14.1 Å². The van der Waals surface area contributed by atoms with Crippen LogP contribution in [-0.4, -0.2) is 24.2 Å². The first-order valence-corrected chi connectivity index (χ1v) is 7.54. The maximum atomic E-state index is 12.2. The molecule has 0 amide bonds. The highest BCUT2D eigenvalue weighted by molar-refractivity contribution is 6.30. The molecule has 2 aromatic heterocycles. The molecule has 1 aromatic carbocycles. The molecule has 0 spiro atoms. The second-order valence-corrected chi connectivity index (χ2v) is 5.83. The summed E-state index contributed by atoms with van der Waals surface area (Å²) in [4.78, 5) is 42.8. The fourth-order valence-corrected chi connectivity index (χ4v) is 2.47. The third-order valence-corrected chi connectivity index (χ3v) is 4.00. The number of aliphatic hydroxyl groups excluding tert-OH is 1. The first-order valence-electron chi connectivity index (χ1n) is 7.16. The summed E-state index contributed by atoms with van der Waals surface area (Å²) >= 11 is 5.79. The van der Waals surface area contributed by atoms with Gasteiger partial charge >= 0.3 is 5.69 Å². The number of H-pyrrole nitrogens is 1. The van der Waals surface area contributed by atoms with E-state index >= 15 is 0 Å². The summed E-state index contributed by atoms with van der Waals surface area (Å²) in [6.45, 7) is 0. The first-order chi connectivity index (χ1) is 11.8. The molecule has 0 saturated heterocycles. The molecule has 3 aromatic rings. The van der Waals surface area contributed by atoms with E-state index < -0.39 is 16.8 Å². The van der Waals surface area contributed by atoms with Crippen molar-refractivity contribution in [1.29, 1.82) is 0 Å². The Morgan fingerprint density at radius 1 is 1.16 bits per heavy atom. The second kappa shape index (κ2) is 6.06. The molecule has 0 saturated carbocycles. The summed E-state index contributed by atoms with van der Waals surface area (Å²) in [5.74, 6) is -0.206. The smallest absolute Gasteiger partial charge is 0.332 e. The van der Waals surface area contributed by atoms with Gasteiger partial charge in [-0.05, 0) is 24.3 Å².